The van der Waals surface area contributed by atoms with Crippen molar-refractivity contribution in [2.75, 3.05) is 11.9 Å². The van der Waals surface area contributed by atoms with Crippen molar-refractivity contribution in [2.45, 2.75) is 63.6 Å². The molecule has 0 saturated heterocycles. The van der Waals surface area contributed by atoms with Crippen LogP contribution in [0.25, 0.3) is 0 Å². The van der Waals surface area contributed by atoms with E-state index in [1.165, 1.54) is 0 Å². The standard InChI is InChI=1S/C27H33N5O3/c1-3-27(4-2)15-23(34)32(26(31-27)29-19-9-11-28-12-10-19)16-18-13-21(18)25(35)30-24-20-8-6-5-7-17(20)14-22(24)33/h5-12,18,21-22,24,33H,3-4,13-16H2,1-2H3,(H,30,35)(H,28,29,31)/t18?,21?,22-,24+/m0/s1. The predicted octanol–water partition coefficient (Wildman–Crippen LogP) is 3.05. The van der Waals surface area contributed by atoms with Crippen molar-refractivity contribution in [1.82, 2.24) is 15.2 Å². The number of nitrogens with zero attached hydrogens (tertiary/aromatic N) is 3. The number of nitrogens with one attached hydrogen (secondary N) is 2. The van der Waals surface area contributed by atoms with E-state index in [1.807, 2.05) is 36.4 Å². The van der Waals surface area contributed by atoms with E-state index in [4.69, 9.17) is 4.99 Å². The molecule has 2 amide bonds. The number of aromatic nitrogens is 1. The first-order valence-electron chi connectivity index (χ1n) is 12.6. The number of rotatable bonds is 7. The van der Waals surface area contributed by atoms with Crippen LogP contribution in [0.15, 0.2) is 53.8 Å². The number of pyridine rings is 1. The average Bonchev–Trinajstić information content (AvgIpc) is 3.58. The lowest BCUT2D eigenvalue weighted by Crippen LogP contribution is -2.51. The fourth-order valence-electron chi connectivity index (χ4n) is 5.34. The molecule has 5 rings (SSSR count). The summed E-state index contributed by atoms with van der Waals surface area (Å²) in [7, 11) is 0. The Morgan fingerprint density at radius 3 is 2.66 bits per heavy atom. The molecule has 4 atom stereocenters. The van der Waals surface area contributed by atoms with Gasteiger partial charge in [-0.15, -0.1) is 0 Å². The molecule has 8 nitrogen and oxygen atoms in total. The highest BCUT2D eigenvalue weighted by Crippen LogP contribution is 2.42. The molecular formula is C27H33N5O3. The molecule has 1 fully saturated rings. The number of benzene rings is 1. The summed E-state index contributed by atoms with van der Waals surface area (Å²) in [6, 6.07) is 11.2. The zero-order chi connectivity index (χ0) is 24.6. The maximum absolute atomic E-state index is 13.3. The number of amides is 2. The van der Waals surface area contributed by atoms with Gasteiger partial charge in [0.2, 0.25) is 17.8 Å². The molecule has 3 N–H and O–H groups in total. The van der Waals surface area contributed by atoms with Gasteiger partial charge in [0.25, 0.3) is 0 Å². The smallest absolute Gasteiger partial charge is 0.231 e. The van der Waals surface area contributed by atoms with Gasteiger partial charge in [0.1, 0.15) is 0 Å². The summed E-state index contributed by atoms with van der Waals surface area (Å²) in [5.41, 5.74) is 2.48. The molecule has 35 heavy (non-hydrogen) atoms. The van der Waals surface area contributed by atoms with E-state index in [1.54, 1.807) is 17.3 Å². The average molecular weight is 476 g/mol. The molecule has 2 heterocycles. The lowest BCUT2D eigenvalue weighted by Gasteiger charge is -2.38. The third-order valence-electron chi connectivity index (χ3n) is 7.81. The zero-order valence-corrected chi connectivity index (χ0v) is 20.3. The van der Waals surface area contributed by atoms with Crippen LogP contribution in [-0.4, -0.2) is 51.0 Å². The molecule has 0 bridgehead atoms. The maximum atomic E-state index is 13.3. The van der Waals surface area contributed by atoms with E-state index < -0.39 is 11.6 Å². The Kier molecular flexibility index (Phi) is 6.32. The van der Waals surface area contributed by atoms with Crippen LogP contribution in [0, 0.1) is 11.8 Å². The normalized spacial score (nSPS) is 26.7. The monoisotopic (exact) mass is 475 g/mol. The van der Waals surface area contributed by atoms with Crippen LogP contribution in [0.3, 0.4) is 0 Å². The number of aliphatic hydroxyl groups is 1. The second-order valence-electron chi connectivity index (χ2n) is 9.97. The SMILES string of the molecule is CCC1(CC)CC(=O)N(CC2CC2C(=O)N[C@@H]2c3ccccc3C[C@@H]2O)C(Nc2ccncc2)=N1. The molecule has 1 aromatic carbocycles. The Morgan fingerprint density at radius 1 is 1.17 bits per heavy atom. The molecule has 1 aromatic heterocycles. The topological polar surface area (TPSA) is 107 Å². The van der Waals surface area contributed by atoms with Gasteiger partial charge in [0.15, 0.2) is 0 Å². The van der Waals surface area contributed by atoms with Crippen molar-refractivity contribution in [2.24, 2.45) is 16.8 Å². The Balaban J connectivity index is 1.28. The highest BCUT2D eigenvalue weighted by atomic mass is 16.3. The Morgan fingerprint density at radius 2 is 1.91 bits per heavy atom. The van der Waals surface area contributed by atoms with Crippen LogP contribution in [0.1, 0.15) is 56.7 Å². The van der Waals surface area contributed by atoms with Gasteiger partial charge >= 0.3 is 0 Å². The van der Waals surface area contributed by atoms with E-state index in [2.05, 4.69) is 29.5 Å². The van der Waals surface area contributed by atoms with E-state index in [9.17, 15) is 14.7 Å². The molecule has 3 aliphatic rings. The molecule has 2 aromatic rings. The van der Waals surface area contributed by atoms with Crippen molar-refractivity contribution in [1.29, 1.82) is 0 Å². The van der Waals surface area contributed by atoms with Crippen LogP contribution < -0.4 is 10.6 Å². The molecular weight excluding hydrogens is 442 g/mol. The third kappa shape index (κ3) is 4.67. The number of carbonyl (C=O) groups excluding carboxylic acids is 2. The molecule has 8 heteroatoms. The minimum absolute atomic E-state index is 0.0338. The summed E-state index contributed by atoms with van der Waals surface area (Å²) >= 11 is 0. The van der Waals surface area contributed by atoms with Gasteiger partial charge in [-0.3, -0.25) is 19.5 Å². The predicted molar refractivity (Wildman–Crippen MR) is 134 cm³/mol. The largest absolute Gasteiger partial charge is 0.390 e. The van der Waals surface area contributed by atoms with Crippen LogP contribution in [0.2, 0.25) is 0 Å². The van der Waals surface area contributed by atoms with Crippen LogP contribution >= 0.6 is 0 Å². The molecule has 2 unspecified atom stereocenters. The number of hydrogen-bond donors (Lipinski definition) is 3. The minimum Gasteiger partial charge on any atom is -0.390 e. The van der Waals surface area contributed by atoms with E-state index in [-0.39, 0.29) is 29.7 Å². The van der Waals surface area contributed by atoms with Crippen molar-refractivity contribution in [3.63, 3.8) is 0 Å². The van der Waals surface area contributed by atoms with Crippen molar-refractivity contribution in [3.8, 4) is 0 Å². The number of aliphatic hydroxyl groups excluding tert-OH is 1. The van der Waals surface area contributed by atoms with Gasteiger partial charge in [0, 0.05) is 37.0 Å². The minimum atomic E-state index is -0.614. The Bertz CT molecular complexity index is 1130. The number of fused-ring (bicyclic) bond motifs is 1. The summed E-state index contributed by atoms with van der Waals surface area (Å²) in [6.45, 7) is 4.58. The lowest BCUT2D eigenvalue weighted by atomic mass is 9.88. The molecule has 1 aliphatic heterocycles. The second kappa shape index (κ2) is 9.41. The zero-order valence-electron chi connectivity index (χ0n) is 20.3. The van der Waals surface area contributed by atoms with Gasteiger partial charge in [-0.05, 0) is 48.4 Å². The van der Waals surface area contributed by atoms with Crippen molar-refractivity contribution in [3.05, 3.63) is 59.9 Å². The lowest BCUT2D eigenvalue weighted by molar-refractivity contribution is -0.130. The summed E-state index contributed by atoms with van der Waals surface area (Å²) < 4.78 is 0. The molecule has 0 spiro atoms. The van der Waals surface area contributed by atoms with Gasteiger partial charge in [-0.1, -0.05) is 38.1 Å². The van der Waals surface area contributed by atoms with Crippen molar-refractivity contribution >= 4 is 23.5 Å². The first kappa shape index (κ1) is 23.5. The first-order valence-corrected chi connectivity index (χ1v) is 12.6. The molecule has 1 saturated carbocycles. The van der Waals surface area contributed by atoms with Gasteiger partial charge in [0.05, 0.1) is 24.1 Å². The Hall–Kier alpha value is -3.26. The quantitative estimate of drug-likeness (QED) is 0.571. The van der Waals surface area contributed by atoms with E-state index >= 15 is 0 Å². The van der Waals surface area contributed by atoms with Crippen LogP contribution in [0.4, 0.5) is 5.69 Å². The summed E-state index contributed by atoms with van der Waals surface area (Å²) in [6.07, 6.45) is 5.98. The molecule has 2 aliphatic carbocycles. The highest BCUT2D eigenvalue weighted by molar-refractivity contribution is 6.06. The van der Waals surface area contributed by atoms with Crippen LogP contribution in [-0.2, 0) is 16.0 Å². The maximum Gasteiger partial charge on any atom is 0.231 e. The fourth-order valence-corrected chi connectivity index (χ4v) is 5.34. The summed E-state index contributed by atoms with van der Waals surface area (Å²) in [5, 5.41) is 16.9. The summed E-state index contributed by atoms with van der Waals surface area (Å²) in [5.74, 6) is 0.410. The van der Waals surface area contributed by atoms with Gasteiger partial charge < -0.3 is 15.7 Å². The molecule has 184 valence electrons. The van der Waals surface area contributed by atoms with Gasteiger partial charge in [-0.2, -0.15) is 0 Å². The fraction of sp³-hybridized carbons (Fsp3) is 0.481. The highest BCUT2D eigenvalue weighted by Gasteiger charge is 2.48. The summed E-state index contributed by atoms with van der Waals surface area (Å²) in [4.78, 5) is 37.1. The van der Waals surface area contributed by atoms with Crippen LogP contribution in [0.5, 0.6) is 0 Å². The third-order valence-corrected chi connectivity index (χ3v) is 7.81. The number of hydrogen-bond acceptors (Lipinski definition) is 6. The van der Waals surface area contributed by atoms with Gasteiger partial charge in [-0.25, -0.2) is 4.99 Å². The van der Waals surface area contributed by atoms with E-state index in [0.717, 1.165) is 36.1 Å². The number of aliphatic imine (C=N–C) groups is 1. The van der Waals surface area contributed by atoms with E-state index in [0.29, 0.717) is 25.3 Å². The number of anilines is 1. The Labute approximate surface area is 205 Å². The second-order valence-corrected chi connectivity index (χ2v) is 9.97. The first-order chi connectivity index (χ1) is 16.9. The number of guanidine groups is 1. The van der Waals surface area contributed by atoms with Crippen molar-refractivity contribution < 1.29 is 14.7 Å². The number of carbonyl (C=O) groups is 2. The molecule has 0 radical (unpaired) electrons.